The van der Waals surface area contributed by atoms with Crippen LogP contribution in [0.4, 0.5) is 5.69 Å². The van der Waals surface area contributed by atoms with E-state index < -0.39 is 0 Å². The number of anilines is 1. The van der Waals surface area contributed by atoms with Gasteiger partial charge in [0.15, 0.2) is 0 Å². The Hall–Kier alpha value is -1.39. The number of carbonyl (C=O) groups is 1. The molecule has 92 valence electrons. The molecule has 0 spiro atoms. The van der Waals surface area contributed by atoms with Gasteiger partial charge in [0.05, 0.1) is 6.42 Å². The molecule has 0 saturated heterocycles. The minimum atomic E-state index is 0.181. The molecule has 2 N–H and O–H groups in total. The third-order valence-electron chi connectivity index (χ3n) is 3.10. The van der Waals surface area contributed by atoms with Crippen LogP contribution in [0.5, 0.6) is 0 Å². The van der Waals surface area contributed by atoms with Crippen molar-refractivity contribution in [2.75, 3.05) is 32.1 Å². The molecule has 0 aromatic heterocycles. The minimum Gasteiger partial charge on any atom is -0.318 e. The molecule has 0 fully saturated rings. The van der Waals surface area contributed by atoms with Gasteiger partial charge in [-0.15, -0.1) is 0 Å². The molecule has 4 nitrogen and oxygen atoms in total. The third-order valence-corrected chi connectivity index (χ3v) is 3.10. The van der Waals surface area contributed by atoms with Gasteiger partial charge in [-0.1, -0.05) is 12.1 Å². The van der Waals surface area contributed by atoms with E-state index in [4.69, 9.17) is 0 Å². The largest absolute Gasteiger partial charge is 0.318 e. The smallest absolute Gasteiger partial charge is 0.231 e. The number of likely N-dealkylation sites (N-methyl/N-ethyl adjacent to an activating group) is 2. The van der Waals surface area contributed by atoms with Crippen LogP contribution >= 0.6 is 0 Å². The Morgan fingerprint density at radius 1 is 1.35 bits per heavy atom. The van der Waals surface area contributed by atoms with Crippen LogP contribution in [0, 0.1) is 0 Å². The van der Waals surface area contributed by atoms with Crippen molar-refractivity contribution in [3.05, 3.63) is 29.3 Å². The fourth-order valence-corrected chi connectivity index (χ4v) is 2.08. The van der Waals surface area contributed by atoms with Crippen LogP contribution in [0.1, 0.15) is 11.1 Å². The van der Waals surface area contributed by atoms with Crippen molar-refractivity contribution >= 4 is 11.6 Å². The SMILES string of the molecule is CNCCNCc1ccc2c(c1)CC(=O)N2C. The zero-order valence-corrected chi connectivity index (χ0v) is 10.4. The van der Waals surface area contributed by atoms with E-state index in [2.05, 4.69) is 22.8 Å². The monoisotopic (exact) mass is 233 g/mol. The second-order valence-corrected chi connectivity index (χ2v) is 4.37. The summed E-state index contributed by atoms with van der Waals surface area (Å²) >= 11 is 0. The van der Waals surface area contributed by atoms with Gasteiger partial charge in [-0.3, -0.25) is 4.79 Å². The van der Waals surface area contributed by atoms with E-state index >= 15 is 0 Å². The highest BCUT2D eigenvalue weighted by Gasteiger charge is 2.23. The average Bonchev–Trinajstić information content (AvgIpc) is 2.61. The van der Waals surface area contributed by atoms with Gasteiger partial charge >= 0.3 is 0 Å². The molecule has 0 bridgehead atoms. The lowest BCUT2D eigenvalue weighted by Crippen LogP contribution is -2.24. The first-order chi connectivity index (χ1) is 8.22. The van der Waals surface area contributed by atoms with Crippen molar-refractivity contribution < 1.29 is 4.79 Å². The number of fused-ring (bicyclic) bond motifs is 1. The number of hydrogen-bond acceptors (Lipinski definition) is 3. The summed E-state index contributed by atoms with van der Waals surface area (Å²) in [6, 6.07) is 6.25. The van der Waals surface area contributed by atoms with Crippen LogP contribution in [0.2, 0.25) is 0 Å². The maximum Gasteiger partial charge on any atom is 0.231 e. The Kier molecular flexibility index (Phi) is 3.76. The normalized spacial score (nSPS) is 14.2. The Labute approximate surface area is 102 Å². The lowest BCUT2D eigenvalue weighted by Gasteiger charge is -2.11. The first-order valence-corrected chi connectivity index (χ1v) is 5.96. The van der Waals surface area contributed by atoms with E-state index in [9.17, 15) is 4.79 Å². The molecule has 0 atom stereocenters. The summed E-state index contributed by atoms with van der Waals surface area (Å²) in [5, 5.41) is 6.45. The fourth-order valence-electron chi connectivity index (χ4n) is 2.08. The molecular weight excluding hydrogens is 214 g/mol. The summed E-state index contributed by atoms with van der Waals surface area (Å²) < 4.78 is 0. The summed E-state index contributed by atoms with van der Waals surface area (Å²) in [6.45, 7) is 2.77. The second kappa shape index (κ2) is 5.29. The van der Waals surface area contributed by atoms with Gasteiger partial charge < -0.3 is 15.5 Å². The van der Waals surface area contributed by atoms with E-state index in [1.165, 1.54) is 5.56 Å². The van der Waals surface area contributed by atoms with Crippen molar-refractivity contribution in [2.24, 2.45) is 0 Å². The molecular formula is C13H19N3O. The van der Waals surface area contributed by atoms with Gasteiger partial charge in [0.2, 0.25) is 5.91 Å². The number of carbonyl (C=O) groups excluding carboxylic acids is 1. The lowest BCUT2D eigenvalue weighted by atomic mass is 10.1. The standard InChI is InChI=1S/C13H19N3O/c1-14-5-6-15-9-10-3-4-12-11(7-10)8-13(17)16(12)2/h3-4,7,14-15H,5-6,8-9H2,1-2H3. The molecule has 1 aliphatic rings. The summed E-state index contributed by atoms with van der Waals surface area (Å²) in [6.07, 6.45) is 0.538. The summed E-state index contributed by atoms with van der Waals surface area (Å²) in [5.41, 5.74) is 3.43. The number of rotatable bonds is 5. The van der Waals surface area contributed by atoms with Crippen molar-refractivity contribution in [2.45, 2.75) is 13.0 Å². The Morgan fingerprint density at radius 3 is 2.94 bits per heavy atom. The van der Waals surface area contributed by atoms with Gasteiger partial charge in [0, 0.05) is 32.4 Å². The zero-order valence-electron chi connectivity index (χ0n) is 10.4. The van der Waals surface area contributed by atoms with Crippen molar-refractivity contribution in [3.63, 3.8) is 0 Å². The zero-order chi connectivity index (χ0) is 12.3. The van der Waals surface area contributed by atoms with E-state index in [1.807, 2.05) is 20.2 Å². The number of hydrogen-bond donors (Lipinski definition) is 2. The molecule has 0 unspecified atom stereocenters. The first-order valence-electron chi connectivity index (χ1n) is 5.96. The van der Waals surface area contributed by atoms with Crippen molar-refractivity contribution in [3.8, 4) is 0 Å². The molecule has 1 amide bonds. The highest BCUT2D eigenvalue weighted by atomic mass is 16.2. The number of benzene rings is 1. The summed E-state index contributed by atoms with van der Waals surface area (Å²) in [5.74, 6) is 0.181. The minimum absolute atomic E-state index is 0.181. The molecule has 0 aliphatic carbocycles. The topological polar surface area (TPSA) is 44.4 Å². The highest BCUT2D eigenvalue weighted by Crippen LogP contribution is 2.28. The van der Waals surface area contributed by atoms with Crippen LogP contribution in [-0.2, 0) is 17.8 Å². The fraction of sp³-hybridized carbons (Fsp3) is 0.462. The van der Waals surface area contributed by atoms with Crippen LogP contribution < -0.4 is 15.5 Å². The van der Waals surface area contributed by atoms with Gasteiger partial charge in [-0.2, -0.15) is 0 Å². The Bertz CT molecular complexity index is 417. The van der Waals surface area contributed by atoms with Crippen LogP contribution in [-0.4, -0.2) is 33.1 Å². The predicted octanol–water partition coefficient (Wildman–Crippen LogP) is 0.514. The van der Waals surface area contributed by atoms with Gasteiger partial charge in [0.25, 0.3) is 0 Å². The van der Waals surface area contributed by atoms with Gasteiger partial charge in [-0.05, 0) is 24.2 Å². The third kappa shape index (κ3) is 2.65. The molecule has 17 heavy (non-hydrogen) atoms. The maximum atomic E-state index is 11.5. The number of nitrogens with one attached hydrogen (secondary N) is 2. The van der Waals surface area contributed by atoms with E-state index in [0.29, 0.717) is 6.42 Å². The number of amides is 1. The molecule has 1 aromatic carbocycles. The van der Waals surface area contributed by atoms with Crippen LogP contribution in [0.15, 0.2) is 18.2 Å². The maximum absolute atomic E-state index is 11.5. The molecule has 2 rings (SSSR count). The van der Waals surface area contributed by atoms with Crippen molar-refractivity contribution in [1.82, 2.24) is 10.6 Å². The molecule has 0 radical (unpaired) electrons. The molecule has 4 heteroatoms. The van der Waals surface area contributed by atoms with E-state index in [0.717, 1.165) is 30.9 Å². The Balaban J connectivity index is 1.98. The predicted molar refractivity (Wildman–Crippen MR) is 69.2 cm³/mol. The quantitative estimate of drug-likeness (QED) is 0.729. The second-order valence-electron chi connectivity index (χ2n) is 4.37. The van der Waals surface area contributed by atoms with Crippen molar-refractivity contribution in [1.29, 1.82) is 0 Å². The molecule has 1 aliphatic heterocycles. The lowest BCUT2D eigenvalue weighted by molar-refractivity contribution is -0.117. The molecule has 0 saturated carbocycles. The summed E-state index contributed by atoms with van der Waals surface area (Å²) in [4.78, 5) is 13.3. The van der Waals surface area contributed by atoms with Crippen LogP contribution in [0.25, 0.3) is 0 Å². The average molecular weight is 233 g/mol. The van der Waals surface area contributed by atoms with Gasteiger partial charge in [-0.25, -0.2) is 0 Å². The first kappa shape index (κ1) is 12.1. The Morgan fingerprint density at radius 2 is 2.18 bits per heavy atom. The summed E-state index contributed by atoms with van der Waals surface area (Å²) in [7, 11) is 3.78. The van der Waals surface area contributed by atoms with Crippen LogP contribution in [0.3, 0.4) is 0 Å². The number of nitrogens with zero attached hydrogens (tertiary/aromatic N) is 1. The highest BCUT2D eigenvalue weighted by molar-refractivity contribution is 6.00. The van der Waals surface area contributed by atoms with Gasteiger partial charge in [0.1, 0.15) is 0 Å². The van der Waals surface area contributed by atoms with E-state index in [-0.39, 0.29) is 5.91 Å². The molecule has 1 aromatic rings. The molecule has 1 heterocycles. The van der Waals surface area contributed by atoms with E-state index in [1.54, 1.807) is 4.90 Å².